The predicted molar refractivity (Wildman–Crippen MR) is 134 cm³/mol. The molecule has 0 spiro atoms. The molecule has 0 aliphatic carbocycles. The molecule has 4 rings (SSSR count). The molecule has 164 valence electrons. The molecule has 0 aliphatic rings. The Morgan fingerprint density at radius 1 is 0.970 bits per heavy atom. The van der Waals surface area contributed by atoms with Gasteiger partial charge in [0.2, 0.25) is 0 Å². The summed E-state index contributed by atoms with van der Waals surface area (Å²) in [5.74, 6) is 0.676. The first-order valence-electron chi connectivity index (χ1n) is 10.4. The summed E-state index contributed by atoms with van der Waals surface area (Å²) in [6.07, 6.45) is 5.25. The topological polar surface area (TPSA) is 72.2 Å². The minimum atomic E-state index is -0.219. The van der Waals surface area contributed by atoms with Crippen LogP contribution in [0.4, 0.5) is 0 Å². The Morgan fingerprint density at radius 3 is 2.39 bits per heavy atom. The number of aromatic nitrogens is 3. The van der Waals surface area contributed by atoms with Gasteiger partial charge in [0.1, 0.15) is 0 Å². The highest BCUT2D eigenvalue weighted by Gasteiger charge is 2.17. The van der Waals surface area contributed by atoms with E-state index in [2.05, 4.69) is 20.7 Å². The van der Waals surface area contributed by atoms with Crippen LogP contribution in [0.2, 0.25) is 0 Å². The van der Waals surface area contributed by atoms with Gasteiger partial charge in [0.15, 0.2) is 11.0 Å². The molecule has 0 radical (unpaired) electrons. The Bertz CT molecular complexity index is 1250. The van der Waals surface area contributed by atoms with E-state index in [0.717, 1.165) is 22.6 Å². The molecule has 6 nitrogen and oxygen atoms in total. The van der Waals surface area contributed by atoms with Crippen LogP contribution in [0.1, 0.15) is 11.1 Å². The third-order valence-electron chi connectivity index (χ3n) is 4.73. The molecule has 4 aromatic rings. The fraction of sp³-hybridized carbons (Fsp3) is 0.0769. The van der Waals surface area contributed by atoms with E-state index in [1.165, 1.54) is 17.3 Å². The van der Waals surface area contributed by atoms with Crippen molar-refractivity contribution < 1.29 is 4.79 Å². The largest absolute Gasteiger partial charge is 0.272 e. The molecule has 0 atom stereocenters. The minimum Gasteiger partial charge on any atom is -0.272 e. The maximum Gasteiger partial charge on any atom is 0.250 e. The molecule has 1 N–H and O–H groups in total. The van der Waals surface area contributed by atoms with Crippen molar-refractivity contribution in [3.63, 3.8) is 0 Å². The average Bonchev–Trinajstić information content (AvgIpc) is 3.28. The number of amides is 1. The van der Waals surface area contributed by atoms with Crippen molar-refractivity contribution in [3.05, 3.63) is 102 Å². The van der Waals surface area contributed by atoms with Gasteiger partial charge >= 0.3 is 0 Å². The fourth-order valence-electron chi connectivity index (χ4n) is 3.10. The number of carbonyl (C=O) groups is 1. The first kappa shape index (κ1) is 22.2. The molecule has 33 heavy (non-hydrogen) atoms. The highest BCUT2D eigenvalue weighted by molar-refractivity contribution is 7.99. The number of nitrogens with zero attached hydrogens (tertiary/aromatic N) is 4. The second kappa shape index (κ2) is 11.1. The summed E-state index contributed by atoms with van der Waals surface area (Å²) in [5, 5.41) is 13.4. The van der Waals surface area contributed by atoms with Crippen molar-refractivity contribution in [1.29, 1.82) is 0 Å². The van der Waals surface area contributed by atoms with Gasteiger partial charge in [-0.3, -0.25) is 9.36 Å². The Balaban J connectivity index is 1.43. The lowest BCUT2D eigenvalue weighted by Gasteiger charge is -2.10. The van der Waals surface area contributed by atoms with Gasteiger partial charge in [0, 0.05) is 17.5 Å². The number of carbonyl (C=O) groups excluding carboxylic acids is 1. The minimum absolute atomic E-state index is 0.165. The van der Waals surface area contributed by atoms with Gasteiger partial charge in [0.05, 0.1) is 5.75 Å². The van der Waals surface area contributed by atoms with Crippen LogP contribution in [0.25, 0.3) is 23.2 Å². The highest BCUT2D eigenvalue weighted by atomic mass is 32.2. The number of benzene rings is 3. The van der Waals surface area contributed by atoms with E-state index in [1.54, 1.807) is 12.3 Å². The van der Waals surface area contributed by atoms with Crippen LogP contribution in [0.3, 0.4) is 0 Å². The number of hydrazone groups is 1. The second-order valence-corrected chi connectivity index (χ2v) is 8.16. The number of hydrogen-bond donors (Lipinski definition) is 1. The monoisotopic (exact) mass is 453 g/mol. The van der Waals surface area contributed by atoms with Gasteiger partial charge in [-0.05, 0) is 30.7 Å². The summed E-state index contributed by atoms with van der Waals surface area (Å²) in [6.45, 7) is 2.05. The van der Waals surface area contributed by atoms with Crippen molar-refractivity contribution in [1.82, 2.24) is 20.2 Å². The van der Waals surface area contributed by atoms with E-state index < -0.39 is 0 Å². The Hall–Kier alpha value is -3.97. The molecular weight excluding hydrogens is 430 g/mol. The number of thioether (sulfide) groups is 1. The average molecular weight is 454 g/mol. The van der Waals surface area contributed by atoms with Crippen LogP contribution < -0.4 is 5.43 Å². The van der Waals surface area contributed by atoms with Crippen molar-refractivity contribution in [2.24, 2.45) is 5.10 Å². The molecule has 0 aliphatic heterocycles. The zero-order valence-corrected chi connectivity index (χ0v) is 18.9. The first-order valence-corrected chi connectivity index (χ1v) is 11.4. The second-order valence-electron chi connectivity index (χ2n) is 7.21. The van der Waals surface area contributed by atoms with Gasteiger partial charge in [0.25, 0.3) is 5.91 Å². The summed E-state index contributed by atoms with van der Waals surface area (Å²) in [4.78, 5) is 12.3. The molecule has 0 saturated carbocycles. The van der Waals surface area contributed by atoms with Gasteiger partial charge in [-0.1, -0.05) is 96.2 Å². The summed E-state index contributed by atoms with van der Waals surface area (Å²) in [5.41, 5.74) is 6.68. The molecule has 1 amide bonds. The normalized spacial score (nSPS) is 11.3. The quantitative estimate of drug-likeness (QED) is 0.227. The zero-order chi connectivity index (χ0) is 22.9. The van der Waals surface area contributed by atoms with Crippen LogP contribution in [0.15, 0.2) is 101 Å². The molecule has 0 saturated heterocycles. The van der Waals surface area contributed by atoms with Crippen LogP contribution in [-0.4, -0.2) is 32.6 Å². The van der Waals surface area contributed by atoms with Crippen molar-refractivity contribution in [3.8, 4) is 17.1 Å². The predicted octanol–water partition coefficient (Wildman–Crippen LogP) is 5.15. The SMILES string of the molecule is Cc1ccc(-c2nnc(SCC(=O)N/N=C/C=C/c3ccccc3)n2-c2ccccc2)cc1. The molecule has 3 aromatic carbocycles. The Kier molecular flexibility index (Phi) is 7.45. The lowest BCUT2D eigenvalue weighted by Crippen LogP contribution is -2.19. The number of aryl methyl sites for hydroxylation is 1. The lowest BCUT2D eigenvalue weighted by molar-refractivity contribution is -0.118. The van der Waals surface area contributed by atoms with Crippen molar-refractivity contribution in [2.45, 2.75) is 12.1 Å². The van der Waals surface area contributed by atoms with Crippen LogP contribution in [-0.2, 0) is 4.79 Å². The van der Waals surface area contributed by atoms with E-state index in [9.17, 15) is 4.79 Å². The smallest absolute Gasteiger partial charge is 0.250 e. The van der Waals surface area contributed by atoms with Gasteiger partial charge in [-0.15, -0.1) is 10.2 Å². The van der Waals surface area contributed by atoms with Gasteiger partial charge in [-0.25, -0.2) is 5.43 Å². The van der Waals surface area contributed by atoms with E-state index in [-0.39, 0.29) is 11.7 Å². The summed E-state index contributed by atoms with van der Waals surface area (Å²) < 4.78 is 1.97. The maximum absolute atomic E-state index is 12.3. The molecule has 1 aromatic heterocycles. The lowest BCUT2D eigenvalue weighted by atomic mass is 10.1. The fourth-order valence-corrected chi connectivity index (χ4v) is 3.84. The van der Waals surface area contributed by atoms with E-state index in [0.29, 0.717) is 5.16 Å². The van der Waals surface area contributed by atoms with Crippen molar-refractivity contribution >= 4 is 30.0 Å². The molecule has 0 fully saturated rings. The van der Waals surface area contributed by atoms with Crippen LogP contribution >= 0.6 is 11.8 Å². The number of allylic oxidation sites excluding steroid dienone is 1. The summed E-state index contributed by atoms with van der Waals surface area (Å²) in [6, 6.07) is 27.9. The molecule has 0 unspecified atom stereocenters. The number of rotatable bonds is 8. The molecule has 7 heteroatoms. The maximum atomic E-state index is 12.3. The van der Waals surface area contributed by atoms with E-state index in [4.69, 9.17) is 0 Å². The van der Waals surface area contributed by atoms with Gasteiger partial charge in [-0.2, -0.15) is 5.10 Å². The Labute approximate surface area is 197 Å². The van der Waals surface area contributed by atoms with Crippen molar-refractivity contribution in [2.75, 3.05) is 5.75 Å². The van der Waals surface area contributed by atoms with Crippen LogP contribution in [0.5, 0.6) is 0 Å². The Morgan fingerprint density at radius 2 is 1.67 bits per heavy atom. The first-order chi connectivity index (χ1) is 16.2. The molecular formula is C26H23N5OS. The third-order valence-corrected chi connectivity index (χ3v) is 5.66. The molecule has 1 heterocycles. The summed E-state index contributed by atoms with van der Waals surface area (Å²) in [7, 11) is 0. The standard InChI is InChI=1S/C26H23N5OS/c1-20-14-16-22(17-15-20)25-29-30-26(31(25)23-12-6-3-7-13-23)33-19-24(32)28-27-18-8-11-21-9-4-2-5-10-21/h2-18H,19H2,1H3,(H,28,32)/b11-8+,27-18+. The van der Waals surface area contributed by atoms with Gasteiger partial charge < -0.3 is 0 Å². The number of hydrogen-bond acceptors (Lipinski definition) is 5. The number of nitrogens with one attached hydrogen (secondary N) is 1. The summed E-state index contributed by atoms with van der Waals surface area (Å²) >= 11 is 1.31. The number of para-hydroxylation sites is 1. The molecule has 0 bridgehead atoms. The highest BCUT2D eigenvalue weighted by Crippen LogP contribution is 2.28. The zero-order valence-electron chi connectivity index (χ0n) is 18.1. The van der Waals surface area contributed by atoms with E-state index in [1.807, 2.05) is 102 Å². The van der Waals surface area contributed by atoms with Crippen LogP contribution in [0, 0.1) is 6.92 Å². The third kappa shape index (κ3) is 6.05. The van der Waals surface area contributed by atoms with E-state index >= 15 is 0 Å².